The maximum atomic E-state index is 13.6. The number of hydrogen-bond acceptors (Lipinski definition) is 1. The molecule has 104 valence electrons. The Morgan fingerprint density at radius 1 is 0.857 bits per heavy atom. The van der Waals surface area contributed by atoms with Crippen LogP contribution in [-0.4, -0.2) is 4.98 Å². The second-order valence-corrected chi connectivity index (χ2v) is 4.96. The van der Waals surface area contributed by atoms with E-state index in [1.54, 1.807) is 6.20 Å². The largest absolute Gasteiger partial charge is 0.256 e. The summed E-state index contributed by atoms with van der Waals surface area (Å²) in [5.74, 6) is -0.140. The Hall–Kier alpha value is -2.48. The number of nitrogens with zero attached hydrogens (tertiary/aromatic N) is 1. The van der Waals surface area contributed by atoms with Crippen molar-refractivity contribution in [2.45, 2.75) is 13.3 Å². The average Bonchev–Trinajstić information content (AvgIpc) is 2.56. The maximum Gasteiger partial charge on any atom is 0.126 e. The van der Waals surface area contributed by atoms with Gasteiger partial charge in [0, 0.05) is 11.8 Å². The fraction of sp³-hybridized carbons (Fsp3) is 0.105. The standard InChI is InChI=1S/C19H16FN/c1-2-14-12-16(8-9-18(14)20)17-10-11-21-19(13-17)15-6-4-3-5-7-15/h3-13H,2H2,1H3. The van der Waals surface area contributed by atoms with Gasteiger partial charge in [-0.15, -0.1) is 0 Å². The molecule has 2 aromatic carbocycles. The minimum absolute atomic E-state index is 0.140. The molecule has 1 aromatic heterocycles. The number of hydrogen-bond donors (Lipinski definition) is 0. The zero-order chi connectivity index (χ0) is 14.7. The first kappa shape index (κ1) is 13.5. The fourth-order valence-corrected chi connectivity index (χ4v) is 2.40. The third-order valence-corrected chi connectivity index (χ3v) is 3.59. The van der Waals surface area contributed by atoms with Gasteiger partial charge in [0.05, 0.1) is 5.69 Å². The molecule has 0 unspecified atom stereocenters. The molecule has 0 amide bonds. The molecule has 1 heterocycles. The van der Waals surface area contributed by atoms with Gasteiger partial charge in [-0.3, -0.25) is 4.98 Å². The lowest BCUT2D eigenvalue weighted by Crippen LogP contribution is -1.90. The molecule has 0 aliphatic carbocycles. The van der Waals surface area contributed by atoms with Crippen molar-refractivity contribution >= 4 is 0 Å². The number of aromatic nitrogens is 1. The van der Waals surface area contributed by atoms with Crippen molar-refractivity contribution in [3.8, 4) is 22.4 Å². The normalized spacial score (nSPS) is 10.6. The molecule has 0 aliphatic heterocycles. The van der Waals surface area contributed by atoms with Crippen LogP contribution < -0.4 is 0 Å². The zero-order valence-corrected chi connectivity index (χ0v) is 11.9. The molecule has 0 aliphatic rings. The van der Waals surface area contributed by atoms with Crippen LogP contribution >= 0.6 is 0 Å². The van der Waals surface area contributed by atoms with Gasteiger partial charge in [0.25, 0.3) is 0 Å². The van der Waals surface area contributed by atoms with Crippen LogP contribution in [-0.2, 0) is 6.42 Å². The van der Waals surface area contributed by atoms with Gasteiger partial charge in [-0.25, -0.2) is 4.39 Å². The first-order valence-electron chi connectivity index (χ1n) is 7.08. The molecular formula is C19H16FN. The average molecular weight is 277 g/mol. The molecule has 0 atom stereocenters. The molecule has 0 bridgehead atoms. The Kier molecular flexibility index (Phi) is 3.78. The molecule has 3 aromatic rings. The van der Waals surface area contributed by atoms with Crippen molar-refractivity contribution < 1.29 is 4.39 Å². The third kappa shape index (κ3) is 2.84. The summed E-state index contributed by atoms with van der Waals surface area (Å²) in [6.45, 7) is 1.96. The minimum Gasteiger partial charge on any atom is -0.256 e. The number of rotatable bonds is 3. The molecule has 0 N–H and O–H groups in total. The number of benzene rings is 2. The Morgan fingerprint density at radius 2 is 1.62 bits per heavy atom. The lowest BCUT2D eigenvalue weighted by Gasteiger charge is -2.07. The Labute approximate surface area is 124 Å². The lowest BCUT2D eigenvalue weighted by molar-refractivity contribution is 0.612. The van der Waals surface area contributed by atoms with E-state index in [1.165, 1.54) is 6.07 Å². The van der Waals surface area contributed by atoms with E-state index >= 15 is 0 Å². The third-order valence-electron chi connectivity index (χ3n) is 3.59. The second kappa shape index (κ2) is 5.88. The van der Waals surface area contributed by atoms with Gasteiger partial charge in [0.1, 0.15) is 5.82 Å². The topological polar surface area (TPSA) is 12.9 Å². The van der Waals surface area contributed by atoms with Gasteiger partial charge in [-0.1, -0.05) is 43.3 Å². The van der Waals surface area contributed by atoms with E-state index in [9.17, 15) is 4.39 Å². The highest BCUT2D eigenvalue weighted by Gasteiger charge is 2.06. The van der Waals surface area contributed by atoms with E-state index in [-0.39, 0.29) is 5.82 Å². The van der Waals surface area contributed by atoms with E-state index in [0.29, 0.717) is 6.42 Å². The van der Waals surface area contributed by atoms with Crippen LogP contribution in [0.25, 0.3) is 22.4 Å². The van der Waals surface area contributed by atoms with E-state index in [0.717, 1.165) is 27.9 Å². The Balaban J connectivity index is 2.04. The van der Waals surface area contributed by atoms with Gasteiger partial charge in [0.2, 0.25) is 0 Å². The number of pyridine rings is 1. The predicted octanol–water partition coefficient (Wildman–Crippen LogP) is 5.12. The summed E-state index contributed by atoms with van der Waals surface area (Å²) >= 11 is 0. The SMILES string of the molecule is CCc1cc(-c2ccnc(-c3ccccc3)c2)ccc1F. The fourth-order valence-electron chi connectivity index (χ4n) is 2.40. The number of halogens is 1. The molecule has 0 radical (unpaired) electrons. The molecule has 0 saturated carbocycles. The molecule has 3 rings (SSSR count). The lowest BCUT2D eigenvalue weighted by atomic mass is 10.0. The van der Waals surface area contributed by atoms with Gasteiger partial charge in [0.15, 0.2) is 0 Å². The highest BCUT2D eigenvalue weighted by molar-refractivity contribution is 5.70. The van der Waals surface area contributed by atoms with Crippen LogP contribution in [0.15, 0.2) is 66.9 Å². The van der Waals surface area contributed by atoms with Crippen LogP contribution in [0.5, 0.6) is 0 Å². The second-order valence-electron chi connectivity index (χ2n) is 4.96. The van der Waals surface area contributed by atoms with Gasteiger partial charge in [-0.05, 0) is 47.4 Å². The summed E-state index contributed by atoms with van der Waals surface area (Å²) in [6.07, 6.45) is 2.49. The van der Waals surface area contributed by atoms with Crippen LogP contribution in [0.2, 0.25) is 0 Å². The molecule has 21 heavy (non-hydrogen) atoms. The van der Waals surface area contributed by atoms with Crippen molar-refractivity contribution in [1.82, 2.24) is 4.98 Å². The van der Waals surface area contributed by atoms with Crippen molar-refractivity contribution in [1.29, 1.82) is 0 Å². The Morgan fingerprint density at radius 3 is 2.38 bits per heavy atom. The van der Waals surface area contributed by atoms with Crippen LogP contribution in [0.1, 0.15) is 12.5 Å². The molecule has 2 heteroatoms. The van der Waals surface area contributed by atoms with Gasteiger partial charge in [-0.2, -0.15) is 0 Å². The van der Waals surface area contributed by atoms with Crippen LogP contribution in [0.3, 0.4) is 0 Å². The quantitative estimate of drug-likeness (QED) is 0.647. The van der Waals surface area contributed by atoms with Crippen molar-refractivity contribution in [3.05, 3.63) is 78.2 Å². The predicted molar refractivity (Wildman–Crippen MR) is 84.4 cm³/mol. The van der Waals surface area contributed by atoms with Crippen LogP contribution in [0, 0.1) is 5.82 Å². The monoisotopic (exact) mass is 277 g/mol. The summed E-state index contributed by atoms with van der Waals surface area (Å²) in [5, 5.41) is 0. The summed E-state index contributed by atoms with van der Waals surface area (Å²) < 4.78 is 13.6. The molecular weight excluding hydrogens is 261 g/mol. The highest BCUT2D eigenvalue weighted by Crippen LogP contribution is 2.26. The zero-order valence-electron chi connectivity index (χ0n) is 11.9. The smallest absolute Gasteiger partial charge is 0.126 e. The molecule has 0 spiro atoms. The van der Waals surface area contributed by atoms with E-state index < -0.39 is 0 Å². The van der Waals surface area contributed by atoms with Crippen molar-refractivity contribution in [3.63, 3.8) is 0 Å². The maximum absolute atomic E-state index is 13.6. The van der Waals surface area contributed by atoms with Crippen molar-refractivity contribution in [2.75, 3.05) is 0 Å². The minimum atomic E-state index is -0.140. The van der Waals surface area contributed by atoms with E-state index in [2.05, 4.69) is 4.98 Å². The summed E-state index contributed by atoms with van der Waals surface area (Å²) in [4.78, 5) is 4.42. The molecule has 0 saturated heterocycles. The summed E-state index contributed by atoms with van der Waals surface area (Å²) in [6, 6.07) is 19.3. The van der Waals surface area contributed by atoms with Crippen molar-refractivity contribution in [2.24, 2.45) is 0 Å². The first-order chi connectivity index (χ1) is 10.3. The molecule has 1 nitrogen and oxygen atoms in total. The van der Waals surface area contributed by atoms with E-state index in [1.807, 2.05) is 61.5 Å². The van der Waals surface area contributed by atoms with Gasteiger partial charge >= 0.3 is 0 Å². The Bertz CT molecular complexity index is 751. The summed E-state index contributed by atoms with van der Waals surface area (Å²) in [5.41, 5.74) is 4.82. The summed E-state index contributed by atoms with van der Waals surface area (Å²) in [7, 11) is 0. The highest BCUT2D eigenvalue weighted by atomic mass is 19.1. The van der Waals surface area contributed by atoms with E-state index in [4.69, 9.17) is 0 Å². The number of aryl methyl sites for hydroxylation is 1. The molecule has 0 fully saturated rings. The van der Waals surface area contributed by atoms with Crippen LogP contribution in [0.4, 0.5) is 4.39 Å². The van der Waals surface area contributed by atoms with Gasteiger partial charge < -0.3 is 0 Å². The first-order valence-corrected chi connectivity index (χ1v) is 7.08.